The van der Waals surface area contributed by atoms with Crippen molar-refractivity contribution in [1.29, 1.82) is 0 Å². The van der Waals surface area contributed by atoms with Crippen molar-refractivity contribution < 1.29 is 9.57 Å². The number of ether oxygens (including phenoxy) is 1. The van der Waals surface area contributed by atoms with Crippen molar-refractivity contribution in [2.45, 2.75) is 6.92 Å². The van der Waals surface area contributed by atoms with Crippen LogP contribution in [-0.2, 0) is 4.84 Å². The molecule has 2 N–H and O–H groups in total. The lowest BCUT2D eigenvalue weighted by atomic mass is 10.3. The van der Waals surface area contributed by atoms with E-state index in [9.17, 15) is 0 Å². The number of hydrogen-bond donors (Lipinski definition) is 1. The van der Waals surface area contributed by atoms with Gasteiger partial charge in [-0.3, -0.25) is 0 Å². The molecule has 0 unspecified atom stereocenters. The first-order valence-electron chi connectivity index (χ1n) is 4.50. The normalized spacial score (nSPS) is 10.9. The fourth-order valence-corrected chi connectivity index (χ4v) is 0.965. The lowest BCUT2D eigenvalue weighted by Gasteiger charge is -2.05. The second-order valence-electron chi connectivity index (χ2n) is 2.92. The van der Waals surface area contributed by atoms with Crippen LogP contribution in [0.1, 0.15) is 6.92 Å². The quantitative estimate of drug-likeness (QED) is 0.465. The molecule has 0 saturated carbocycles. The number of nitrogens with zero attached hydrogens (tertiary/aromatic N) is 1. The van der Waals surface area contributed by atoms with Gasteiger partial charge in [0.2, 0.25) is 5.90 Å². The Kier molecular flexibility index (Phi) is 4.37. The molecule has 0 aliphatic carbocycles. The summed E-state index contributed by atoms with van der Waals surface area (Å²) in [6, 6.07) is 9.45. The zero-order valence-electron chi connectivity index (χ0n) is 8.64. The molecule has 0 aliphatic rings. The third-order valence-corrected chi connectivity index (χ3v) is 1.63. The van der Waals surface area contributed by atoms with E-state index in [2.05, 4.69) is 16.4 Å². The van der Waals surface area contributed by atoms with Crippen molar-refractivity contribution in [2.24, 2.45) is 10.9 Å². The minimum atomic E-state index is 0.310. The van der Waals surface area contributed by atoms with Crippen LogP contribution in [0.3, 0.4) is 0 Å². The molecule has 4 heteroatoms. The molecule has 0 aliphatic heterocycles. The Balaban J connectivity index is 2.41. The van der Waals surface area contributed by atoms with Gasteiger partial charge in [0.15, 0.2) is 0 Å². The summed E-state index contributed by atoms with van der Waals surface area (Å²) in [4.78, 5) is 8.37. The van der Waals surface area contributed by atoms with Gasteiger partial charge in [0.05, 0.1) is 5.70 Å². The summed E-state index contributed by atoms with van der Waals surface area (Å²) in [5.41, 5.74) is 0.557. The average molecular weight is 206 g/mol. The predicted octanol–water partition coefficient (Wildman–Crippen LogP) is 1.89. The average Bonchev–Trinajstić information content (AvgIpc) is 2.27. The lowest BCUT2D eigenvalue weighted by Crippen LogP contribution is -2.07. The zero-order valence-corrected chi connectivity index (χ0v) is 8.64. The van der Waals surface area contributed by atoms with E-state index in [1.807, 2.05) is 30.3 Å². The summed E-state index contributed by atoms with van der Waals surface area (Å²) in [5.74, 6) is 6.05. The van der Waals surface area contributed by atoms with Crippen molar-refractivity contribution in [3.8, 4) is 5.75 Å². The number of rotatable bonds is 4. The van der Waals surface area contributed by atoms with Crippen LogP contribution in [0.25, 0.3) is 0 Å². The number of benzene rings is 1. The molecule has 1 aromatic carbocycles. The summed E-state index contributed by atoms with van der Waals surface area (Å²) in [5, 5.41) is 0. The Hall–Kier alpha value is -1.81. The molecule has 0 saturated heterocycles. The van der Waals surface area contributed by atoms with E-state index in [-0.39, 0.29) is 0 Å². The van der Waals surface area contributed by atoms with Gasteiger partial charge in [0, 0.05) is 6.92 Å². The highest BCUT2D eigenvalue weighted by molar-refractivity contribution is 5.73. The van der Waals surface area contributed by atoms with E-state index in [4.69, 9.17) is 10.6 Å². The van der Waals surface area contributed by atoms with Crippen LogP contribution >= 0.6 is 0 Å². The molecule has 0 aromatic heterocycles. The topological polar surface area (TPSA) is 56.8 Å². The maximum Gasteiger partial charge on any atom is 0.210 e. The van der Waals surface area contributed by atoms with Crippen molar-refractivity contribution in [3.63, 3.8) is 0 Å². The Morgan fingerprint density at radius 2 is 2.07 bits per heavy atom. The number of hydrogen-bond acceptors (Lipinski definition) is 4. The molecule has 0 heterocycles. The van der Waals surface area contributed by atoms with Crippen molar-refractivity contribution in [1.82, 2.24) is 0 Å². The molecular weight excluding hydrogens is 192 g/mol. The van der Waals surface area contributed by atoms with Crippen molar-refractivity contribution in [3.05, 3.63) is 42.6 Å². The summed E-state index contributed by atoms with van der Waals surface area (Å²) in [7, 11) is 0. The van der Waals surface area contributed by atoms with E-state index >= 15 is 0 Å². The maximum atomic E-state index is 5.41. The first kappa shape index (κ1) is 11.3. The summed E-state index contributed by atoms with van der Waals surface area (Å²) in [6.07, 6.45) is 0. The fraction of sp³-hybridized carbons (Fsp3) is 0.182. The Morgan fingerprint density at radius 3 is 2.67 bits per heavy atom. The van der Waals surface area contributed by atoms with E-state index in [0.29, 0.717) is 18.2 Å². The molecule has 0 bridgehead atoms. The fourth-order valence-electron chi connectivity index (χ4n) is 0.965. The number of nitrogens with two attached hydrogens (primary N) is 1. The SMILES string of the molecule is C=C(COc1ccccc1)N=C(C)ON. The first-order chi connectivity index (χ1) is 7.22. The third kappa shape index (κ3) is 4.28. The van der Waals surface area contributed by atoms with Gasteiger partial charge in [-0.15, -0.1) is 0 Å². The van der Waals surface area contributed by atoms with Gasteiger partial charge in [-0.1, -0.05) is 24.8 Å². The highest BCUT2D eigenvalue weighted by Gasteiger charge is 1.96. The predicted molar refractivity (Wildman–Crippen MR) is 59.5 cm³/mol. The smallest absolute Gasteiger partial charge is 0.210 e. The van der Waals surface area contributed by atoms with Crippen LogP contribution in [0.5, 0.6) is 5.75 Å². The largest absolute Gasteiger partial charge is 0.487 e. The maximum absolute atomic E-state index is 5.41. The Bertz CT molecular complexity index is 347. The van der Waals surface area contributed by atoms with Crippen LogP contribution in [0.4, 0.5) is 0 Å². The molecule has 80 valence electrons. The lowest BCUT2D eigenvalue weighted by molar-refractivity contribution is 0.314. The zero-order chi connectivity index (χ0) is 11.1. The number of aliphatic imine (C=N–C) groups is 1. The van der Waals surface area contributed by atoms with Crippen molar-refractivity contribution >= 4 is 5.90 Å². The standard InChI is InChI=1S/C11H14N2O2/c1-9(13-10(2)15-12)8-14-11-6-4-3-5-7-11/h3-7H,1,8,12H2,2H3. The van der Waals surface area contributed by atoms with Crippen LogP contribution in [-0.4, -0.2) is 12.5 Å². The van der Waals surface area contributed by atoms with Crippen LogP contribution in [0.2, 0.25) is 0 Å². The number of para-hydroxylation sites is 1. The summed E-state index contributed by atoms with van der Waals surface area (Å²) >= 11 is 0. The van der Waals surface area contributed by atoms with Gasteiger partial charge in [-0.25, -0.2) is 4.99 Å². The molecule has 15 heavy (non-hydrogen) atoms. The molecule has 4 nitrogen and oxygen atoms in total. The van der Waals surface area contributed by atoms with Crippen molar-refractivity contribution in [2.75, 3.05) is 6.61 Å². The molecule has 0 atom stereocenters. The minimum absolute atomic E-state index is 0.310. The van der Waals surface area contributed by atoms with Crippen LogP contribution < -0.4 is 10.6 Å². The van der Waals surface area contributed by atoms with E-state index in [0.717, 1.165) is 5.75 Å². The van der Waals surface area contributed by atoms with Gasteiger partial charge in [-0.2, -0.15) is 5.90 Å². The van der Waals surface area contributed by atoms with Crippen LogP contribution in [0.15, 0.2) is 47.6 Å². The van der Waals surface area contributed by atoms with E-state index < -0.39 is 0 Å². The third-order valence-electron chi connectivity index (χ3n) is 1.63. The highest BCUT2D eigenvalue weighted by Crippen LogP contribution is 2.09. The van der Waals surface area contributed by atoms with Gasteiger partial charge in [0.25, 0.3) is 0 Å². The Labute approximate surface area is 89.0 Å². The highest BCUT2D eigenvalue weighted by atomic mass is 16.6. The van der Waals surface area contributed by atoms with E-state index in [1.54, 1.807) is 6.92 Å². The van der Waals surface area contributed by atoms with Gasteiger partial charge < -0.3 is 9.57 Å². The van der Waals surface area contributed by atoms with Gasteiger partial charge in [0.1, 0.15) is 12.4 Å². The molecule has 1 rings (SSSR count). The summed E-state index contributed by atoms with van der Waals surface area (Å²) in [6.45, 7) is 5.67. The first-order valence-corrected chi connectivity index (χ1v) is 4.50. The minimum Gasteiger partial charge on any atom is -0.487 e. The molecule has 0 amide bonds. The Morgan fingerprint density at radius 1 is 1.40 bits per heavy atom. The van der Waals surface area contributed by atoms with Crippen LogP contribution in [0, 0.1) is 0 Å². The molecule has 1 aromatic rings. The van der Waals surface area contributed by atoms with Gasteiger partial charge in [-0.05, 0) is 12.1 Å². The monoisotopic (exact) mass is 206 g/mol. The molecule has 0 spiro atoms. The molecule has 0 fully saturated rings. The van der Waals surface area contributed by atoms with E-state index in [1.165, 1.54) is 0 Å². The second kappa shape index (κ2) is 5.82. The molecular formula is C11H14N2O2. The summed E-state index contributed by atoms with van der Waals surface area (Å²) < 4.78 is 5.41. The second-order valence-corrected chi connectivity index (χ2v) is 2.92. The van der Waals surface area contributed by atoms with Gasteiger partial charge >= 0.3 is 0 Å². The molecule has 0 radical (unpaired) electrons.